The number of anilines is 1. The summed E-state index contributed by atoms with van der Waals surface area (Å²) in [6.45, 7) is 3.89. The van der Waals surface area contributed by atoms with Gasteiger partial charge in [-0.25, -0.2) is 4.39 Å². The van der Waals surface area contributed by atoms with Crippen LogP contribution in [0.5, 0.6) is 0 Å². The minimum Gasteiger partial charge on any atom is -0.320 e. The van der Waals surface area contributed by atoms with Gasteiger partial charge in [-0.15, -0.1) is 0 Å². The Kier molecular flexibility index (Phi) is 4.63. The molecule has 0 bridgehead atoms. The quantitative estimate of drug-likeness (QED) is 0.873. The van der Waals surface area contributed by atoms with E-state index in [0.29, 0.717) is 0 Å². The predicted molar refractivity (Wildman–Crippen MR) is 67.2 cm³/mol. The van der Waals surface area contributed by atoms with Gasteiger partial charge in [0.25, 0.3) is 0 Å². The number of benzene rings is 1. The normalized spacial score (nSPS) is 14.2. The Morgan fingerprint density at radius 2 is 2.06 bits per heavy atom. The monoisotopic (exact) mass is 238 g/mol. The molecule has 0 heterocycles. The number of carbonyl (C=O) groups is 1. The lowest BCUT2D eigenvalue weighted by Crippen LogP contribution is -2.45. The standard InChI is InChI=1S/C13H19FN2O/c1-4-9(2)12(15)13(17)16(3)11-8-6-5-7-10(11)14/h5-9,12H,4,15H2,1-3H3/t9?,12-/m0/s1. The van der Waals surface area contributed by atoms with E-state index in [9.17, 15) is 9.18 Å². The Hall–Kier alpha value is -1.42. The summed E-state index contributed by atoms with van der Waals surface area (Å²) < 4.78 is 13.5. The molecular weight excluding hydrogens is 219 g/mol. The number of hydrogen-bond donors (Lipinski definition) is 1. The molecule has 0 aliphatic rings. The number of carbonyl (C=O) groups excluding carboxylic acids is 1. The van der Waals surface area contributed by atoms with Crippen molar-refractivity contribution in [3.8, 4) is 0 Å². The fraction of sp³-hybridized carbons (Fsp3) is 0.462. The van der Waals surface area contributed by atoms with Crippen LogP contribution in [0.15, 0.2) is 24.3 Å². The van der Waals surface area contributed by atoms with E-state index in [2.05, 4.69) is 0 Å². The van der Waals surface area contributed by atoms with Crippen LogP contribution in [0.2, 0.25) is 0 Å². The summed E-state index contributed by atoms with van der Waals surface area (Å²) in [7, 11) is 1.54. The van der Waals surface area contributed by atoms with E-state index in [-0.39, 0.29) is 17.5 Å². The first-order chi connectivity index (χ1) is 7.99. The van der Waals surface area contributed by atoms with Crippen molar-refractivity contribution in [2.24, 2.45) is 11.7 Å². The highest BCUT2D eigenvalue weighted by molar-refractivity contribution is 5.96. The Morgan fingerprint density at radius 3 is 2.59 bits per heavy atom. The van der Waals surface area contributed by atoms with Gasteiger partial charge in [-0.05, 0) is 18.1 Å². The Morgan fingerprint density at radius 1 is 1.47 bits per heavy atom. The van der Waals surface area contributed by atoms with Crippen LogP contribution in [0, 0.1) is 11.7 Å². The van der Waals surface area contributed by atoms with Crippen LogP contribution < -0.4 is 10.6 Å². The molecule has 0 aromatic heterocycles. The highest BCUT2D eigenvalue weighted by Gasteiger charge is 2.24. The van der Waals surface area contributed by atoms with Crippen molar-refractivity contribution in [2.45, 2.75) is 26.3 Å². The third-order valence-electron chi connectivity index (χ3n) is 3.09. The zero-order valence-corrected chi connectivity index (χ0v) is 10.5. The summed E-state index contributed by atoms with van der Waals surface area (Å²) in [5, 5.41) is 0. The zero-order valence-electron chi connectivity index (χ0n) is 10.5. The van der Waals surface area contributed by atoms with E-state index in [0.717, 1.165) is 6.42 Å². The minimum absolute atomic E-state index is 0.0803. The van der Waals surface area contributed by atoms with E-state index in [1.54, 1.807) is 25.2 Å². The van der Waals surface area contributed by atoms with Crippen LogP contribution in [-0.2, 0) is 4.79 Å². The molecule has 0 radical (unpaired) electrons. The molecule has 0 aliphatic carbocycles. The number of likely N-dealkylation sites (N-methyl/N-ethyl adjacent to an activating group) is 1. The number of rotatable bonds is 4. The molecule has 1 amide bonds. The Labute approximate surface area is 101 Å². The van der Waals surface area contributed by atoms with Crippen molar-refractivity contribution in [2.75, 3.05) is 11.9 Å². The van der Waals surface area contributed by atoms with Gasteiger partial charge in [-0.3, -0.25) is 4.79 Å². The van der Waals surface area contributed by atoms with Gasteiger partial charge in [0, 0.05) is 7.05 Å². The first-order valence-corrected chi connectivity index (χ1v) is 5.76. The summed E-state index contributed by atoms with van der Waals surface area (Å²) in [6.07, 6.45) is 0.817. The summed E-state index contributed by atoms with van der Waals surface area (Å²) >= 11 is 0. The van der Waals surface area contributed by atoms with Crippen molar-refractivity contribution in [3.05, 3.63) is 30.1 Å². The van der Waals surface area contributed by atoms with Crippen LogP contribution >= 0.6 is 0 Å². The van der Waals surface area contributed by atoms with E-state index < -0.39 is 11.9 Å². The van der Waals surface area contributed by atoms with Gasteiger partial charge in [0.1, 0.15) is 5.82 Å². The van der Waals surface area contributed by atoms with Crippen LogP contribution in [0.1, 0.15) is 20.3 Å². The third-order valence-corrected chi connectivity index (χ3v) is 3.09. The molecule has 0 fully saturated rings. The van der Waals surface area contributed by atoms with Crippen molar-refractivity contribution in [1.82, 2.24) is 0 Å². The zero-order chi connectivity index (χ0) is 13.0. The summed E-state index contributed by atoms with van der Waals surface area (Å²) in [6, 6.07) is 5.58. The van der Waals surface area contributed by atoms with Crippen molar-refractivity contribution < 1.29 is 9.18 Å². The molecule has 3 nitrogen and oxygen atoms in total. The molecular formula is C13H19FN2O. The molecule has 0 spiro atoms. The lowest BCUT2D eigenvalue weighted by Gasteiger charge is -2.24. The van der Waals surface area contributed by atoms with Crippen LogP contribution in [0.25, 0.3) is 0 Å². The molecule has 0 aliphatic heterocycles. The SMILES string of the molecule is CCC(C)[C@H](N)C(=O)N(C)c1ccccc1F. The van der Waals surface area contributed by atoms with Gasteiger partial charge in [0.2, 0.25) is 5.91 Å². The number of para-hydroxylation sites is 1. The lowest BCUT2D eigenvalue weighted by molar-refractivity contribution is -0.120. The Balaban J connectivity index is 2.87. The van der Waals surface area contributed by atoms with Gasteiger partial charge < -0.3 is 10.6 Å². The smallest absolute Gasteiger partial charge is 0.243 e. The summed E-state index contributed by atoms with van der Waals surface area (Å²) in [5.74, 6) is -0.596. The fourth-order valence-corrected chi connectivity index (χ4v) is 1.56. The topological polar surface area (TPSA) is 46.3 Å². The average molecular weight is 238 g/mol. The van der Waals surface area contributed by atoms with Gasteiger partial charge in [0.05, 0.1) is 11.7 Å². The average Bonchev–Trinajstić information content (AvgIpc) is 2.35. The molecule has 2 atom stereocenters. The van der Waals surface area contributed by atoms with Gasteiger partial charge in [0.15, 0.2) is 0 Å². The maximum atomic E-state index is 13.5. The van der Waals surface area contributed by atoms with Gasteiger partial charge in [-0.2, -0.15) is 0 Å². The van der Waals surface area contributed by atoms with Crippen molar-refractivity contribution in [1.29, 1.82) is 0 Å². The Bertz CT molecular complexity index is 395. The molecule has 1 rings (SSSR count). The summed E-state index contributed by atoms with van der Waals surface area (Å²) in [5.41, 5.74) is 6.11. The van der Waals surface area contributed by atoms with Crippen molar-refractivity contribution >= 4 is 11.6 Å². The highest BCUT2D eigenvalue weighted by atomic mass is 19.1. The van der Waals surface area contributed by atoms with Crippen LogP contribution in [0.4, 0.5) is 10.1 Å². The second-order valence-electron chi connectivity index (χ2n) is 4.26. The molecule has 2 N–H and O–H groups in total. The van der Waals surface area contributed by atoms with E-state index in [1.165, 1.54) is 11.0 Å². The molecule has 1 unspecified atom stereocenters. The van der Waals surface area contributed by atoms with Crippen LogP contribution in [-0.4, -0.2) is 19.0 Å². The van der Waals surface area contributed by atoms with Gasteiger partial charge >= 0.3 is 0 Å². The number of amides is 1. The fourth-order valence-electron chi connectivity index (χ4n) is 1.56. The molecule has 0 saturated carbocycles. The first kappa shape index (κ1) is 13.6. The number of halogens is 1. The first-order valence-electron chi connectivity index (χ1n) is 5.76. The summed E-state index contributed by atoms with van der Waals surface area (Å²) in [4.78, 5) is 13.3. The maximum Gasteiger partial charge on any atom is 0.243 e. The van der Waals surface area contributed by atoms with Gasteiger partial charge in [-0.1, -0.05) is 32.4 Å². The number of nitrogens with two attached hydrogens (primary N) is 1. The maximum absolute atomic E-state index is 13.5. The largest absolute Gasteiger partial charge is 0.320 e. The minimum atomic E-state index is -0.593. The number of nitrogens with zero attached hydrogens (tertiary/aromatic N) is 1. The second kappa shape index (κ2) is 5.77. The number of hydrogen-bond acceptors (Lipinski definition) is 2. The van der Waals surface area contributed by atoms with E-state index in [4.69, 9.17) is 5.73 Å². The molecule has 1 aromatic carbocycles. The molecule has 94 valence electrons. The molecule has 17 heavy (non-hydrogen) atoms. The van der Waals surface area contributed by atoms with E-state index in [1.807, 2.05) is 13.8 Å². The van der Waals surface area contributed by atoms with Crippen LogP contribution in [0.3, 0.4) is 0 Å². The molecule has 0 saturated heterocycles. The third kappa shape index (κ3) is 3.03. The molecule has 4 heteroatoms. The second-order valence-corrected chi connectivity index (χ2v) is 4.26. The van der Waals surface area contributed by atoms with E-state index >= 15 is 0 Å². The lowest BCUT2D eigenvalue weighted by atomic mass is 9.99. The highest BCUT2D eigenvalue weighted by Crippen LogP contribution is 2.19. The molecule has 1 aromatic rings. The van der Waals surface area contributed by atoms with Crippen molar-refractivity contribution in [3.63, 3.8) is 0 Å². The predicted octanol–water partition coefficient (Wildman–Crippen LogP) is 2.16.